The highest BCUT2D eigenvalue weighted by Crippen LogP contribution is 2.28. The number of aryl methyl sites for hydroxylation is 1. The van der Waals surface area contributed by atoms with Gasteiger partial charge in [0.2, 0.25) is 0 Å². The lowest BCUT2D eigenvalue weighted by atomic mass is 10.1. The van der Waals surface area contributed by atoms with Crippen LogP contribution in [-0.4, -0.2) is 16.6 Å². The van der Waals surface area contributed by atoms with Gasteiger partial charge in [-0.3, -0.25) is 0 Å². The molecule has 0 unspecified atom stereocenters. The summed E-state index contributed by atoms with van der Waals surface area (Å²) in [6.07, 6.45) is 16.4. The topological polar surface area (TPSA) is 20.2 Å². The van der Waals surface area contributed by atoms with E-state index in [1.165, 1.54) is 99.7 Å². The summed E-state index contributed by atoms with van der Waals surface area (Å²) >= 11 is 4.10. The maximum Gasteiger partial charge on any atom is 0.118 e. The number of hydrogen-bond acceptors (Lipinski definition) is 3. The van der Waals surface area contributed by atoms with Crippen molar-refractivity contribution in [2.75, 3.05) is 11.5 Å². The molecule has 1 rings (SSSR count). The molecule has 0 aliphatic carbocycles. The van der Waals surface area contributed by atoms with Crippen LogP contribution in [0.4, 0.5) is 0 Å². The first-order valence-electron chi connectivity index (χ1n) is 11.7. The molecule has 0 amide bonds. The van der Waals surface area contributed by atoms with E-state index in [0.717, 1.165) is 17.1 Å². The lowest BCUT2D eigenvalue weighted by Gasteiger charge is -2.12. The Morgan fingerprint density at radius 3 is 1.57 bits per heavy atom. The number of rotatable bonds is 18. The second-order valence-corrected chi connectivity index (χ2v) is 10.3. The maximum atomic E-state index is 10.1. The average molecular weight is 425 g/mol. The Labute approximate surface area is 183 Å². The average Bonchev–Trinajstić information content (AvgIpc) is 2.69. The number of hydrogen-bond donors (Lipinski definition) is 1. The molecule has 0 fully saturated rings. The van der Waals surface area contributed by atoms with E-state index in [4.69, 9.17) is 0 Å². The molecule has 1 N–H and O–H groups in total. The molecule has 3 heteroatoms. The minimum absolute atomic E-state index is 0.458. The van der Waals surface area contributed by atoms with Crippen LogP contribution < -0.4 is 0 Å². The van der Waals surface area contributed by atoms with Crippen molar-refractivity contribution in [1.82, 2.24) is 0 Å². The zero-order valence-corrected chi connectivity index (χ0v) is 20.4. The van der Waals surface area contributed by atoms with E-state index >= 15 is 0 Å². The fourth-order valence-electron chi connectivity index (χ4n) is 3.40. The van der Waals surface area contributed by atoms with Gasteiger partial charge < -0.3 is 5.11 Å². The van der Waals surface area contributed by atoms with Gasteiger partial charge in [0.15, 0.2) is 0 Å². The molecule has 162 valence electrons. The molecule has 0 atom stereocenters. The largest absolute Gasteiger partial charge is 0.508 e. The molecule has 1 nitrogen and oxygen atoms in total. The van der Waals surface area contributed by atoms with Crippen LogP contribution in [0.25, 0.3) is 0 Å². The Morgan fingerprint density at radius 2 is 1.07 bits per heavy atom. The van der Waals surface area contributed by atoms with Crippen molar-refractivity contribution in [2.24, 2.45) is 0 Å². The molecule has 0 saturated carbocycles. The fraction of sp³-hybridized carbons (Fsp3) is 0.760. The molecule has 0 aliphatic heterocycles. The fourth-order valence-corrected chi connectivity index (χ4v) is 5.48. The molecule has 0 bridgehead atoms. The molecule has 1 aromatic carbocycles. The van der Waals surface area contributed by atoms with E-state index in [2.05, 4.69) is 31.7 Å². The third kappa shape index (κ3) is 12.3. The van der Waals surface area contributed by atoms with E-state index in [-0.39, 0.29) is 0 Å². The van der Waals surface area contributed by atoms with Crippen molar-refractivity contribution in [1.29, 1.82) is 0 Å². The standard InChI is InChI=1S/C25H44OS2/c1-4-6-8-10-12-14-16-27-20-23-18-22(3)25(26)19-24(23)21-28-17-15-13-11-9-7-5-2/h18-19,26H,4-17,20-21H2,1-3H3. The normalized spacial score (nSPS) is 11.2. The minimum atomic E-state index is 0.458. The predicted molar refractivity (Wildman–Crippen MR) is 132 cm³/mol. The lowest BCUT2D eigenvalue weighted by molar-refractivity contribution is 0.470. The van der Waals surface area contributed by atoms with Crippen LogP contribution in [0.3, 0.4) is 0 Å². The Hall–Kier alpha value is -0.280. The first-order valence-corrected chi connectivity index (χ1v) is 14.0. The van der Waals surface area contributed by atoms with Crippen LogP contribution in [0.1, 0.15) is 108 Å². The first kappa shape index (κ1) is 25.8. The van der Waals surface area contributed by atoms with E-state index in [9.17, 15) is 5.11 Å². The molecular weight excluding hydrogens is 380 g/mol. The summed E-state index contributed by atoms with van der Waals surface area (Å²) in [6.45, 7) is 6.57. The first-order chi connectivity index (χ1) is 13.7. The highest BCUT2D eigenvalue weighted by Gasteiger charge is 2.08. The molecule has 0 radical (unpaired) electrons. The van der Waals surface area contributed by atoms with Crippen molar-refractivity contribution in [3.63, 3.8) is 0 Å². The third-order valence-corrected chi connectivity index (χ3v) is 7.50. The van der Waals surface area contributed by atoms with Gasteiger partial charge in [-0.2, -0.15) is 23.5 Å². The predicted octanol–water partition coefficient (Wildman–Crippen LogP) is 8.89. The number of phenols is 1. The second kappa shape index (κ2) is 17.6. The van der Waals surface area contributed by atoms with Crippen LogP contribution in [0.5, 0.6) is 5.75 Å². The third-order valence-electron chi connectivity index (χ3n) is 5.32. The van der Waals surface area contributed by atoms with Crippen LogP contribution in [0.15, 0.2) is 12.1 Å². The Balaban J connectivity index is 2.29. The van der Waals surface area contributed by atoms with E-state index < -0.39 is 0 Å². The maximum absolute atomic E-state index is 10.1. The van der Waals surface area contributed by atoms with Crippen molar-refractivity contribution < 1.29 is 5.11 Å². The molecule has 28 heavy (non-hydrogen) atoms. The summed E-state index contributed by atoms with van der Waals surface area (Å²) in [7, 11) is 0. The number of thioether (sulfide) groups is 2. The smallest absolute Gasteiger partial charge is 0.118 e. The zero-order valence-electron chi connectivity index (χ0n) is 18.7. The summed E-state index contributed by atoms with van der Waals surface area (Å²) in [5, 5.41) is 10.1. The molecule has 0 heterocycles. The van der Waals surface area contributed by atoms with Gasteiger partial charge in [0.25, 0.3) is 0 Å². The second-order valence-electron chi connectivity index (χ2n) is 8.05. The SMILES string of the molecule is CCCCCCCCSCc1cc(C)c(O)cc1CSCCCCCCCC. The summed E-state index contributed by atoms with van der Waals surface area (Å²) in [4.78, 5) is 0. The molecule has 0 aliphatic rings. The van der Waals surface area contributed by atoms with E-state index in [1.54, 1.807) is 0 Å². The quantitative estimate of drug-likeness (QED) is 0.237. The highest BCUT2D eigenvalue weighted by molar-refractivity contribution is 7.98. The lowest BCUT2D eigenvalue weighted by Crippen LogP contribution is -1.95. The van der Waals surface area contributed by atoms with E-state index in [1.807, 2.05) is 24.8 Å². The monoisotopic (exact) mass is 424 g/mol. The van der Waals surface area contributed by atoms with Crippen LogP contribution >= 0.6 is 23.5 Å². The number of unbranched alkanes of at least 4 members (excludes halogenated alkanes) is 10. The van der Waals surface area contributed by atoms with Gasteiger partial charge in [-0.1, -0.05) is 84.1 Å². The van der Waals surface area contributed by atoms with Gasteiger partial charge in [-0.15, -0.1) is 0 Å². The highest BCUT2D eigenvalue weighted by atomic mass is 32.2. The summed E-state index contributed by atoms with van der Waals surface area (Å²) in [6, 6.07) is 4.23. The Bertz CT molecular complexity index is 457. The van der Waals surface area contributed by atoms with Gasteiger partial charge in [0, 0.05) is 11.5 Å². The van der Waals surface area contributed by atoms with Gasteiger partial charge in [0.1, 0.15) is 5.75 Å². The number of aromatic hydroxyl groups is 1. The molecule has 1 aromatic rings. The number of benzene rings is 1. The molecule has 0 aromatic heterocycles. The van der Waals surface area contributed by atoms with Crippen molar-refractivity contribution in [2.45, 2.75) is 109 Å². The van der Waals surface area contributed by atoms with Gasteiger partial charge in [-0.25, -0.2) is 0 Å². The van der Waals surface area contributed by atoms with Crippen molar-refractivity contribution in [3.05, 3.63) is 28.8 Å². The molecule has 0 saturated heterocycles. The zero-order chi connectivity index (χ0) is 20.5. The summed E-state index contributed by atoms with van der Waals surface area (Å²) in [5.41, 5.74) is 3.79. The van der Waals surface area contributed by atoms with E-state index in [0.29, 0.717) is 5.75 Å². The molecular formula is C25H44OS2. The van der Waals surface area contributed by atoms with Gasteiger partial charge >= 0.3 is 0 Å². The summed E-state index contributed by atoms with van der Waals surface area (Å²) in [5.74, 6) is 5.08. The van der Waals surface area contributed by atoms with Gasteiger partial charge in [0.05, 0.1) is 0 Å². The van der Waals surface area contributed by atoms with Crippen LogP contribution in [0.2, 0.25) is 0 Å². The van der Waals surface area contributed by atoms with Crippen molar-refractivity contribution in [3.8, 4) is 5.75 Å². The molecule has 0 spiro atoms. The van der Waals surface area contributed by atoms with Gasteiger partial charge in [-0.05, 0) is 54.0 Å². The Morgan fingerprint density at radius 1 is 0.643 bits per heavy atom. The van der Waals surface area contributed by atoms with Crippen LogP contribution in [0, 0.1) is 6.92 Å². The Kier molecular flexibility index (Phi) is 16.2. The minimum Gasteiger partial charge on any atom is -0.508 e. The van der Waals surface area contributed by atoms with Crippen LogP contribution in [-0.2, 0) is 11.5 Å². The van der Waals surface area contributed by atoms with Crippen molar-refractivity contribution >= 4 is 23.5 Å². The number of phenolic OH excluding ortho intramolecular Hbond substituents is 1. The summed E-state index contributed by atoms with van der Waals surface area (Å²) < 4.78 is 0.